The predicted molar refractivity (Wildman–Crippen MR) is 100 cm³/mol. The van der Waals surface area contributed by atoms with Gasteiger partial charge in [0, 0.05) is 12.5 Å². The number of carbonyl (C=O) groups is 2. The van der Waals surface area contributed by atoms with Gasteiger partial charge >= 0.3 is 11.9 Å². The first-order valence-corrected chi connectivity index (χ1v) is 9.37. The molecule has 3 unspecified atom stereocenters. The Labute approximate surface area is 158 Å². The second-order valence-electron chi connectivity index (χ2n) is 7.24. The number of nitrogens with zero attached hydrogens (tertiary/aromatic N) is 1. The molecular formula is C22H23NO4. The largest absolute Gasteiger partial charge is 0.453 e. The van der Waals surface area contributed by atoms with Crippen molar-refractivity contribution in [2.45, 2.75) is 43.6 Å². The molecule has 0 aliphatic carbocycles. The van der Waals surface area contributed by atoms with Crippen molar-refractivity contribution in [1.29, 1.82) is 0 Å². The zero-order valence-electron chi connectivity index (χ0n) is 15.3. The van der Waals surface area contributed by atoms with E-state index in [0.29, 0.717) is 30.0 Å². The van der Waals surface area contributed by atoms with Gasteiger partial charge in [-0.2, -0.15) is 0 Å². The molecule has 0 spiro atoms. The molecule has 2 saturated heterocycles. The van der Waals surface area contributed by atoms with Crippen LogP contribution in [0, 0.1) is 0 Å². The van der Waals surface area contributed by atoms with Crippen molar-refractivity contribution in [3.63, 3.8) is 0 Å². The minimum Gasteiger partial charge on any atom is -0.453 e. The van der Waals surface area contributed by atoms with Crippen molar-refractivity contribution < 1.29 is 19.1 Å². The molecule has 2 heterocycles. The van der Waals surface area contributed by atoms with Crippen LogP contribution in [-0.4, -0.2) is 41.8 Å². The lowest BCUT2D eigenvalue weighted by molar-refractivity contribution is -0.182. The van der Waals surface area contributed by atoms with Crippen LogP contribution in [0.3, 0.4) is 0 Å². The first-order valence-electron chi connectivity index (χ1n) is 9.37. The van der Waals surface area contributed by atoms with E-state index in [1.54, 1.807) is 36.4 Å². The summed E-state index contributed by atoms with van der Waals surface area (Å²) in [6, 6.07) is 18.2. The lowest BCUT2D eigenvalue weighted by atomic mass is 9.96. The summed E-state index contributed by atoms with van der Waals surface area (Å²) in [6.07, 6.45) is 2.72. The van der Waals surface area contributed by atoms with Crippen molar-refractivity contribution in [3.05, 3.63) is 71.8 Å². The fourth-order valence-corrected chi connectivity index (χ4v) is 4.25. The maximum Gasteiger partial charge on any atom is 0.340 e. The number of hydrogen-bond acceptors (Lipinski definition) is 5. The SMILES string of the molecule is CN1C2CCC(OC(=O)c3ccccc3)C1(OC(=O)c1ccccc1)CC2. The second-order valence-corrected chi connectivity index (χ2v) is 7.24. The predicted octanol–water partition coefficient (Wildman–Crippen LogP) is 3.65. The number of benzene rings is 2. The van der Waals surface area contributed by atoms with Crippen LogP contribution in [0.2, 0.25) is 0 Å². The van der Waals surface area contributed by atoms with E-state index in [1.165, 1.54) is 0 Å². The highest BCUT2D eigenvalue weighted by Gasteiger charge is 2.57. The zero-order valence-corrected chi connectivity index (χ0v) is 15.3. The lowest BCUT2D eigenvalue weighted by Crippen LogP contribution is -2.60. The maximum absolute atomic E-state index is 12.8. The molecule has 0 amide bonds. The van der Waals surface area contributed by atoms with Gasteiger partial charge in [-0.25, -0.2) is 9.59 Å². The molecule has 2 fully saturated rings. The summed E-state index contributed by atoms with van der Waals surface area (Å²) >= 11 is 0. The van der Waals surface area contributed by atoms with Gasteiger partial charge in [0.1, 0.15) is 0 Å². The summed E-state index contributed by atoms with van der Waals surface area (Å²) < 4.78 is 11.9. The third kappa shape index (κ3) is 3.23. The number of piperidine rings is 1. The van der Waals surface area contributed by atoms with Crippen molar-refractivity contribution >= 4 is 11.9 Å². The van der Waals surface area contributed by atoms with Gasteiger partial charge in [0.15, 0.2) is 6.10 Å². The monoisotopic (exact) mass is 365 g/mol. The molecule has 4 rings (SSSR count). The number of rotatable bonds is 4. The summed E-state index contributed by atoms with van der Waals surface area (Å²) in [7, 11) is 1.96. The first kappa shape index (κ1) is 17.7. The average Bonchev–Trinajstić information content (AvgIpc) is 2.91. The molecule has 2 bridgehead atoms. The second kappa shape index (κ2) is 7.16. The fraction of sp³-hybridized carbons (Fsp3) is 0.364. The van der Waals surface area contributed by atoms with Gasteiger partial charge in [-0.1, -0.05) is 36.4 Å². The zero-order chi connectivity index (χ0) is 18.9. The van der Waals surface area contributed by atoms with Gasteiger partial charge < -0.3 is 9.47 Å². The summed E-state index contributed by atoms with van der Waals surface area (Å²) in [6.45, 7) is 0. The van der Waals surface area contributed by atoms with Crippen LogP contribution >= 0.6 is 0 Å². The minimum absolute atomic E-state index is 0.347. The van der Waals surface area contributed by atoms with Gasteiger partial charge in [0.25, 0.3) is 0 Å². The molecule has 0 N–H and O–H groups in total. The van der Waals surface area contributed by atoms with E-state index in [0.717, 1.165) is 12.8 Å². The minimum atomic E-state index is -0.902. The Balaban J connectivity index is 1.58. The number of esters is 2. The molecule has 3 atom stereocenters. The van der Waals surface area contributed by atoms with E-state index >= 15 is 0 Å². The summed E-state index contributed by atoms with van der Waals surface area (Å²) in [4.78, 5) is 27.4. The van der Waals surface area contributed by atoms with Gasteiger partial charge in [0.05, 0.1) is 11.1 Å². The number of carbonyl (C=O) groups excluding carboxylic acids is 2. The maximum atomic E-state index is 12.8. The molecule has 2 aliphatic rings. The van der Waals surface area contributed by atoms with Crippen LogP contribution < -0.4 is 0 Å². The fourth-order valence-electron chi connectivity index (χ4n) is 4.25. The van der Waals surface area contributed by atoms with Gasteiger partial charge in [-0.3, -0.25) is 4.90 Å². The Morgan fingerprint density at radius 1 is 0.889 bits per heavy atom. The third-order valence-corrected chi connectivity index (χ3v) is 5.78. The number of ether oxygens (including phenoxy) is 2. The quantitative estimate of drug-likeness (QED) is 0.774. The van der Waals surface area contributed by atoms with E-state index in [1.807, 2.05) is 31.3 Å². The topological polar surface area (TPSA) is 55.8 Å². The molecule has 0 aromatic heterocycles. The molecule has 2 aromatic carbocycles. The molecule has 140 valence electrons. The van der Waals surface area contributed by atoms with Crippen LogP contribution in [0.15, 0.2) is 60.7 Å². The molecule has 0 radical (unpaired) electrons. The van der Waals surface area contributed by atoms with Gasteiger partial charge in [-0.05, 0) is 50.6 Å². The Morgan fingerprint density at radius 2 is 1.48 bits per heavy atom. The number of likely N-dealkylation sites (N-methyl/N-ethyl adjacent to an activating group) is 1. The van der Waals surface area contributed by atoms with Crippen LogP contribution in [0.4, 0.5) is 0 Å². The van der Waals surface area contributed by atoms with Crippen LogP contribution in [0.25, 0.3) is 0 Å². The van der Waals surface area contributed by atoms with E-state index in [2.05, 4.69) is 4.90 Å². The highest BCUT2D eigenvalue weighted by molar-refractivity contribution is 5.90. The van der Waals surface area contributed by atoms with Crippen molar-refractivity contribution in [3.8, 4) is 0 Å². The highest BCUT2D eigenvalue weighted by atomic mass is 16.6. The van der Waals surface area contributed by atoms with Crippen molar-refractivity contribution in [2.24, 2.45) is 0 Å². The van der Waals surface area contributed by atoms with Gasteiger partial charge in [-0.15, -0.1) is 0 Å². The smallest absolute Gasteiger partial charge is 0.340 e. The van der Waals surface area contributed by atoms with Crippen LogP contribution in [0.1, 0.15) is 46.4 Å². The van der Waals surface area contributed by atoms with Crippen LogP contribution in [-0.2, 0) is 9.47 Å². The number of hydrogen-bond donors (Lipinski definition) is 0. The highest BCUT2D eigenvalue weighted by Crippen LogP contribution is 2.45. The molecule has 2 aromatic rings. The van der Waals surface area contributed by atoms with Gasteiger partial charge in [0.2, 0.25) is 5.72 Å². The normalized spacial score (nSPS) is 27.1. The Kier molecular flexibility index (Phi) is 4.70. The third-order valence-electron chi connectivity index (χ3n) is 5.78. The Hall–Kier alpha value is -2.66. The van der Waals surface area contributed by atoms with E-state index in [-0.39, 0.29) is 11.9 Å². The molecule has 0 saturated carbocycles. The summed E-state index contributed by atoms with van der Waals surface area (Å²) in [5, 5.41) is 0. The average molecular weight is 365 g/mol. The first-order chi connectivity index (χ1) is 13.1. The van der Waals surface area contributed by atoms with Crippen LogP contribution in [0.5, 0.6) is 0 Å². The molecule has 27 heavy (non-hydrogen) atoms. The Bertz CT molecular complexity index is 821. The molecule has 5 heteroatoms. The van der Waals surface area contributed by atoms with E-state index in [4.69, 9.17) is 9.47 Å². The molecule has 5 nitrogen and oxygen atoms in total. The number of fused-ring (bicyclic) bond motifs is 2. The Morgan fingerprint density at radius 3 is 2.11 bits per heavy atom. The molecule has 2 aliphatic heterocycles. The summed E-state index contributed by atoms with van der Waals surface area (Å²) in [5.41, 5.74) is 0.104. The van der Waals surface area contributed by atoms with Crippen molar-refractivity contribution in [2.75, 3.05) is 7.05 Å². The van der Waals surface area contributed by atoms with Crippen molar-refractivity contribution in [1.82, 2.24) is 4.90 Å². The van der Waals surface area contributed by atoms with E-state index < -0.39 is 11.8 Å². The molecular weight excluding hydrogens is 342 g/mol. The summed E-state index contributed by atoms with van der Waals surface area (Å²) in [5.74, 6) is -0.764. The lowest BCUT2D eigenvalue weighted by Gasteiger charge is -2.46. The van der Waals surface area contributed by atoms with E-state index in [9.17, 15) is 9.59 Å². The standard InChI is InChI=1S/C22H23NO4/c1-23-18-12-13-19(26-20(24)16-8-4-2-5-9-16)22(23,15-14-18)27-21(25)17-10-6-3-7-11-17/h2-11,18-19H,12-15H2,1H3.